The highest BCUT2D eigenvalue weighted by atomic mass is 32.1. The molecule has 1 unspecified atom stereocenters. The Kier molecular flexibility index (Phi) is 4.96. The van der Waals surface area contributed by atoms with E-state index in [1.54, 1.807) is 7.11 Å². The Hall–Kier alpha value is -2.30. The number of methoxy groups -OCH3 is 1. The third-order valence-electron chi connectivity index (χ3n) is 4.88. The maximum Gasteiger partial charge on any atom is 0.162 e. The van der Waals surface area contributed by atoms with Gasteiger partial charge in [0.05, 0.1) is 13.2 Å². The number of hydrogen-bond donors (Lipinski definition) is 1. The molecule has 3 nitrogen and oxygen atoms in total. The van der Waals surface area contributed by atoms with Gasteiger partial charge in [-0.1, -0.05) is 30.3 Å². The molecule has 1 aliphatic rings. The normalized spacial score (nSPS) is 16.2. The molecule has 3 aromatic rings. The quantitative estimate of drug-likeness (QED) is 0.699. The van der Waals surface area contributed by atoms with Crippen molar-refractivity contribution >= 4 is 11.3 Å². The van der Waals surface area contributed by atoms with Gasteiger partial charge in [-0.15, -0.1) is 11.3 Å². The lowest BCUT2D eigenvalue weighted by Crippen LogP contribution is -2.30. The van der Waals surface area contributed by atoms with Crippen LogP contribution < -0.4 is 14.8 Å². The minimum Gasteiger partial charge on any atom is -0.493 e. The second-order valence-corrected chi connectivity index (χ2v) is 7.53. The first kappa shape index (κ1) is 17.1. The van der Waals surface area contributed by atoms with Gasteiger partial charge in [-0.3, -0.25) is 0 Å². The summed E-state index contributed by atoms with van der Waals surface area (Å²) in [7, 11) is 1.71. The molecule has 1 N–H and O–H groups in total. The van der Waals surface area contributed by atoms with Crippen molar-refractivity contribution in [1.29, 1.82) is 0 Å². The summed E-state index contributed by atoms with van der Waals surface area (Å²) in [6, 6.07) is 16.9. The van der Waals surface area contributed by atoms with E-state index < -0.39 is 0 Å². The second kappa shape index (κ2) is 7.52. The number of nitrogens with one attached hydrogen (secondary N) is 1. The van der Waals surface area contributed by atoms with Crippen LogP contribution in [0.2, 0.25) is 0 Å². The number of aryl methyl sites for hydroxylation is 1. The lowest BCUT2D eigenvalue weighted by Gasteiger charge is -2.28. The molecule has 1 aromatic heterocycles. The minimum absolute atomic E-state index is 0.226. The van der Waals surface area contributed by atoms with Gasteiger partial charge < -0.3 is 14.8 Å². The third kappa shape index (κ3) is 3.35. The molecule has 134 valence electrons. The lowest BCUT2D eigenvalue weighted by atomic mass is 9.91. The van der Waals surface area contributed by atoms with Crippen LogP contribution in [0.5, 0.6) is 11.5 Å². The fourth-order valence-electron chi connectivity index (χ4n) is 3.49. The first-order valence-corrected chi connectivity index (χ1v) is 9.79. The fourth-order valence-corrected chi connectivity index (χ4v) is 4.50. The molecule has 0 amide bonds. The predicted octanol–water partition coefficient (Wildman–Crippen LogP) is 4.88. The summed E-state index contributed by atoms with van der Waals surface area (Å²) < 4.78 is 11.7. The number of thiophene rings is 1. The largest absolute Gasteiger partial charge is 0.493 e. The Labute approximate surface area is 158 Å². The first-order valence-electron chi connectivity index (χ1n) is 8.91. The van der Waals surface area contributed by atoms with Gasteiger partial charge in [0, 0.05) is 11.4 Å². The SMILES string of the molecule is COc1cc2c(cc1OCc1ccccc1)C(c1sccc1C)NCC2. The molecule has 1 aliphatic heterocycles. The molecule has 4 rings (SSSR count). The van der Waals surface area contributed by atoms with Crippen LogP contribution in [-0.2, 0) is 13.0 Å². The van der Waals surface area contributed by atoms with Crippen molar-refractivity contribution < 1.29 is 9.47 Å². The van der Waals surface area contributed by atoms with Gasteiger partial charge in [-0.2, -0.15) is 0 Å². The van der Waals surface area contributed by atoms with E-state index >= 15 is 0 Å². The molecule has 2 aromatic carbocycles. The van der Waals surface area contributed by atoms with Crippen molar-refractivity contribution in [2.45, 2.75) is 26.0 Å². The summed E-state index contributed by atoms with van der Waals surface area (Å²) in [5.74, 6) is 1.61. The van der Waals surface area contributed by atoms with Gasteiger partial charge in [0.25, 0.3) is 0 Å². The fraction of sp³-hybridized carbons (Fsp3) is 0.273. The minimum atomic E-state index is 0.226. The van der Waals surface area contributed by atoms with Crippen molar-refractivity contribution in [3.8, 4) is 11.5 Å². The molecule has 2 heterocycles. The molecule has 26 heavy (non-hydrogen) atoms. The number of hydrogen-bond acceptors (Lipinski definition) is 4. The maximum atomic E-state index is 6.13. The van der Waals surface area contributed by atoms with Crippen molar-refractivity contribution in [2.75, 3.05) is 13.7 Å². The van der Waals surface area contributed by atoms with E-state index in [1.807, 2.05) is 29.5 Å². The molecule has 0 bridgehead atoms. The Morgan fingerprint density at radius 2 is 1.96 bits per heavy atom. The summed E-state index contributed by atoms with van der Waals surface area (Å²) in [6.07, 6.45) is 1.01. The number of fused-ring (bicyclic) bond motifs is 1. The van der Waals surface area contributed by atoms with Crippen LogP contribution >= 0.6 is 11.3 Å². The summed E-state index contributed by atoms with van der Waals surface area (Å²) in [4.78, 5) is 1.38. The van der Waals surface area contributed by atoms with E-state index in [4.69, 9.17) is 9.47 Å². The molecule has 0 fully saturated rings. The monoisotopic (exact) mass is 365 g/mol. The molecule has 0 aliphatic carbocycles. The number of ether oxygens (including phenoxy) is 2. The van der Waals surface area contributed by atoms with E-state index in [9.17, 15) is 0 Å². The third-order valence-corrected chi connectivity index (χ3v) is 5.96. The molecule has 1 atom stereocenters. The highest BCUT2D eigenvalue weighted by molar-refractivity contribution is 7.10. The summed E-state index contributed by atoms with van der Waals surface area (Å²) >= 11 is 1.81. The standard InChI is InChI=1S/C22H23NO2S/c1-15-9-11-26-22(15)21-18-13-20(25-14-16-6-4-3-5-7-16)19(24-2)12-17(18)8-10-23-21/h3-7,9,11-13,21,23H,8,10,14H2,1-2H3. The molecule has 0 saturated carbocycles. The zero-order valence-corrected chi connectivity index (χ0v) is 15.9. The van der Waals surface area contributed by atoms with Crippen molar-refractivity contribution in [3.63, 3.8) is 0 Å². The summed E-state index contributed by atoms with van der Waals surface area (Å²) in [5.41, 5.74) is 5.12. The average molecular weight is 365 g/mol. The smallest absolute Gasteiger partial charge is 0.162 e. The molecule has 0 spiro atoms. The van der Waals surface area contributed by atoms with Crippen molar-refractivity contribution in [3.05, 3.63) is 81.0 Å². The van der Waals surface area contributed by atoms with Crippen molar-refractivity contribution in [1.82, 2.24) is 5.32 Å². The zero-order valence-electron chi connectivity index (χ0n) is 15.1. The Bertz CT molecular complexity index is 888. The topological polar surface area (TPSA) is 30.5 Å². The van der Waals surface area contributed by atoms with E-state index in [0.717, 1.165) is 30.0 Å². The van der Waals surface area contributed by atoms with Gasteiger partial charge in [-0.25, -0.2) is 0 Å². The summed E-state index contributed by atoms with van der Waals surface area (Å²) in [6.45, 7) is 3.69. The Morgan fingerprint density at radius 1 is 1.12 bits per heavy atom. The molecule has 4 heteroatoms. The highest BCUT2D eigenvalue weighted by Crippen LogP contribution is 2.39. The highest BCUT2D eigenvalue weighted by Gasteiger charge is 2.25. The van der Waals surface area contributed by atoms with Gasteiger partial charge >= 0.3 is 0 Å². The molecule has 0 saturated heterocycles. The van der Waals surface area contributed by atoms with Crippen LogP contribution in [0.3, 0.4) is 0 Å². The molecular weight excluding hydrogens is 342 g/mol. The Balaban J connectivity index is 1.68. The summed E-state index contributed by atoms with van der Waals surface area (Å²) in [5, 5.41) is 5.83. The second-order valence-electron chi connectivity index (χ2n) is 6.58. The molecular formula is C22H23NO2S. The van der Waals surface area contributed by atoms with E-state index in [2.05, 4.69) is 48.0 Å². The van der Waals surface area contributed by atoms with Gasteiger partial charge in [0.15, 0.2) is 11.5 Å². The van der Waals surface area contributed by atoms with Gasteiger partial charge in [0.2, 0.25) is 0 Å². The predicted molar refractivity (Wildman–Crippen MR) is 106 cm³/mol. The van der Waals surface area contributed by atoms with Crippen LogP contribution in [-0.4, -0.2) is 13.7 Å². The Morgan fingerprint density at radius 3 is 2.69 bits per heavy atom. The van der Waals surface area contributed by atoms with Gasteiger partial charge in [-0.05, 0) is 59.2 Å². The van der Waals surface area contributed by atoms with Crippen molar-refractivity contribution in [2.24, 2.45) is 0 Å². The maximum absolute atomic E-state index is 6.13. The van der Waals surface area contributed by atoms with E-state index in [0.29, 0.717) is 6.61 Å². The zero-order chi connectivity index (χ0) is 17.9. The van der Waals surface area contributed by atoms with Crippen LogP contribution in [0, 0.1) is 6.92 Å². The van der Waals surface area contributed by atoms with Gasteiger partial charge in [0.1, 0.15) is 6.61 Å². The van der Waals surface area contributed by atoms with E-state index in [1.165, 1.54) is 21.6 Å². The number of benzene rings is 2. The molecule has 0 radical (unpaired) electrons. The van der Waals surface area contributed by atoms with Crippen LogP contribution in [0.15, 0.2) is 53.9 Å². The first-order chi connectivity index (χ1) is 12.8. The van der Waals surface area contributed by atoms with Crippen LogP contribution in [0.1, 0.15) is 33.2 Å². The lowest BCUT2D eigenvalue weighted by molar-refractivity contribution is 0.283. The average Bonchev–Trinajstić information content (AvgIpc) is 3.11. The number of rotatable bonds is 5. The van der Waals surface area contributed by atoms with E-state index in [-0.39, 0.29) is 6.04 Å². The van der Waals surface area contributed by atoms with Crippen LogP contribution in [0.4, 0.5) is 0 Å². The van der Waals surface area contributed by atoms with Crippen LogP contribution in [0.25, 0.3) is 0 Å².